The van der Waals surface area contributed by atoms with Gasteiger partial charge in [0.05, 0.1) is 29.8 Å². The van der Waals surface area contributed by atoms with Crippen molar-refractivity contribution < 1.29 is 13.9 Å². The van der Waals surface area contributed by atoms with Gasteiger partial charge in [-0.05, 0) is 41.7 Å². The number of aryl methyl sites for hydroxylation is 1. The Morgan fingerprint density at radius 1 is 1.28 bits per heavy atom. The number of methoxy groups -OCH3 is 2. The quantitative estimate of drug-likeness (QED) is 0.693. The minimum absolute atomic E-state index is 0.323. The molecule has 2 N–H and O–H groups in total. The van der Waals surface area contributed by atoms with Gasteiger partial charge in [-0.2, -0.15) is 0 Å². The van der Waals surface area contributed by atoms with E-state index in [0.717, 1.165) is 46.3 Å². The van der Waals surface area contributed by atoms with Gasteiger partial charge in [-0.3, -0.25) is 4.99 Å². The summed E-state index contributed by atoms with van der Waals surface area (Å²) in [5.74, 6) is 0.252. The van der Waals surface area contributed by atoms with Crippen molar-refractivity contribution in [3.63, 3.8) is 0 Å². The molecule has 1 aromatic carbocycles. The largest absolute Gasteiger partial charge is 0.382 e. The first kappa shape index (κ1) is 18.2. The number of ether oxygens (including phenoxy) is 2. The van der Waals surface area contributed by atoms with Crippen LogP contribution in [0.25, 0.3) is 11.0 Å². The third-order valence-corrected chi connectivity index (χ3v) is 5.93. The van der Waals surface area contributed by atoms with Crippen LogP contribution in [0.1, 0.15) is 28.8 Å². The van der Waals surface area contributed by atoms with E-state index in [1.807, 2.05) is 0 Å². The van der Waals surface area contributed by atoms with Crippen LogP contribution >= 0.6 is 0 Å². The van der Waals surface area contributed by atoms with Crippen molar-refractivity contribution in [2.24, 2.45) is 4.99 Å². The number of nitrogens with zero attached hydrogens (tertiary/aromatic N) is 3. The molecule has 2 aliphatic rings. The Kier molecular flexibility index (Phi) is 4.33. The minimum atomic E-state index is -0.390. The highest BCUT2D eigenvalue weighted by Crippen LogP contribution is 2.38. The van der Waals surface area contributed by atoms with Crippen LogP contribution in [0.5, 0.6) is 0 Å². The fourth-order valence-corrected chi connectivity index (χ4v) is 4.38. The smallest absolute Gasteiger partial charge is 0.147 e. The molecule has 0 saturated heterocycles. The second-order valence-corrected chi connectivity index (χ2v) is 7.65. The maximum absolute atomic E-state index is 14.7. The van der Waals surface area contributed by atoms with E-state index in [4.69, 9.17) is 9.47 Å². The number of rotatable bonds is 5. The number of halogens is 1. The molecule has 7 nitrogen and oxygen atoms in total. The molecule has 1 aliphatic heterocycles. The Morgan fingerprint density at radius 3 is 3.00 bits per heavy atom. The fourth-order valence-electron chi connectivity index (χ4n) is 4.38. The number of fused-ring (bicyclic) bond motifs is 4. The van der Waals surface area contributed by atoms with Crippen molar-refractivity contribution in [1.82, 2.24) is 15.0 Å². The highest BCUT2D eigenvalue weighted by atomic mass is 19.1. The van der Waals surface area contributed by atoms with Crippen LogP contribution < -0.4 is 5.32 Å². The lowest BCUT2D eigenvalue weighted by atomic mass is 9.83. The molecular formula is C21H22FN5O2. The van der Waals surface area contributed by atoms with E-state index < -0.39 is 0 Å². The predicted octanol–water partition coefficient (Wildman–Crippen LogP) is 3.29. The van der Waals surface area contributed by atoms with Gasteiger partial charge in [0.25, 0.3) is 0 Å². The zero-order valence-corrected chi connectivity index (χ0v) is 16.4. The summed E-state index contributed by atoms with van der Waals surface area (Å²) in [4.78, 5) is 16.4. The molecule has 8 heteroatoms. The number of hydrogen-bond donors (Lipinski definition) is 2. The van der Waals surface area contributed by atoms with Crippen molar-refractivity contribution in [2.45, 2.75) is 31.4 Å². The molecule has 2 aromatic heterocycles. The topological polar surface area (TPSA) is 84.4 Å². The third kappa shape index (κ3) is 2.99. The van der Waals surface area contributed by atoms with Gasteiger partial charge in [0, 0.05) is 32.5 Å². The number of aromatic nitrogens is 3. The van der Waals surface area contributed by atoms with E-state index in [-0.39, 0.29) is 11.4 Å². The SMILES string of the molecule is COCC1(OC)CCc2[nH]c3ncnc(Nc4cc5c(cc4F)CN=C5)c3c2C1. The average molecular weight is 395 g/mol. The number of benzene rings is 1. The van der Waals surface area contributed by atoms with Crippen LogP contribution in [0, 0.1) is 5.82 Å². The molecule has 3 heterocycles. The van der Waals surface area contributed by atoms with Gasteiger partial charge >= 0.3 is 0 Å². The van der Waals surface area contributed by atoms with Gasteiger partial charge in [-0.25, -0.2) is 14.4 Å². The Hall–Kier alpha value is -2.84. The highest BCUT2D eigenvalue weighted by Gasteiger charge is 2.37. The monoisotopic (exact) mass is 395 g/mol. The van der Waals surface area contributed by atoms with Gasteiger partial charge in [0.1, 0.15) is 23.6 Å². The van der Waals surface area contributed by atoms with Crippen molar-refractivity contribution in [1.29, 1.82) is 0 Å². The Bertz CT molecular complexity index is 1130. The molecule has 0 saturated carbocycles. The number of nitrogens with one attached hydrogen (secondary N) is 2. The van der Waals surface area contributed by atoms with Crippen molar-refractivity contribution in [3.8, 4) is 0 Å². The second kappa shape index (κ2) is 6.89. The lowest BCUT2D eigenvalue weighted by molar-refractivity contribution is -0.0721. The molecule has 0 amide bonds. The van der Waals surface area contributed by atoms with Crippen LogP contribution in [0.4, 0.5) is 15.9 Å². The average Bonchev–Trinajstić information content (AvgIpc) is 3.32. The fraction of sp³-hybridized carbons (Fsp3) is 0.381. The molecule has 0 radical (unpaired) electrons. The van der Waals surface area contributed by atoms with E-state index >= 15 is 0 Å². The van der Waals surface area contributed by atoms with Gasteiger partial charge in [0.2, 0.25) is 0 Å². The van der Waals surface area contributed by atoms with Crippen LogP contribution in [-0.4, -0.2) is 47.6 Å². The first-order chi connectivity index (χ1) is 14.1. The summed E-state index contributed by atoms with van der Waals surface area (Å²) >= 11 is 0. The molecule has 3 aromatic rings. The molecule has 5 rings (SSSR count). The Balaban J connectivity index is 1.58. The first-order valence-corrected chi connectivity index (χ1v) is 9.60. The van der Waals surface area contributed by atoms with Crippen molar-refractivity contribution in [3.05, 3.63) is 46.7 Å². The summed E-state index contributed by atoms with van der Waals surface area (Å²) in [6, 6.07) is 3.31. The van der Waals surface area contributed by atoms with Gasteiger partial charge in [-0.1, -0.05) is 0 Å². The summed E-state index contributed by atoms with van der Waals surface area (Å²) in [7, 11) is 3.40. The van der Waals surface area contributed by atoms with E-state index in [2.05, 4.69) is 25.3 Å². The van der Waals surface area contributed by atoms with E-state index in [1.54, 1.807) is 26.5 Å². The van der Waals surface area contributed by atoms with Gasteiger partial charge in [0.15, 0.2) is 0 Å². The van der Waals surface area contributed by atoms with E-state index in [0.29, 0.717) is 31.1 Å². The standard InChI is InChI=1S/C21H22FN5O2/c1-28-10-21(29-2)4-3-16-14(7-21)18-19(26-16)24-11-25-20(18)27-17-6-13-9-23-8-12(13)5-15(17)22/h5-6,9,11H,3-4,7-8,10H2,1-2H3,(H2,24,25,26,27). The third-order valence-electron chi connectivity index (χ3n) is 5.93. The lowest BCUT2D eigenvalue weighted by Gasteiger charge is -2.35. The predicted molar refractivity (Wildman–Crippen MR) is 109 cm³/mol. The zero-order chi connectivity index (χ0) is 20.0. The molecule has 1 unspecified atom stereocenters. The molecule has 0 spiro atoms. The first-order valence-electron chi connectivity index (χ1n) is 9.60. The molecule has 1 atom stereocenters. The Labute approximate surface area is 167 Å². The summed E-state index contributed by atoms with van der Waals surface area (Å²) in [5, 5.41) is 4.05. The molecule has 29 heavy (non-hydrogen) atoms. The number of H-pyrrole nitrogens is 1. The Morgan fingerprint density at radius 2 is 2.17 bits per heavy atom. The number of hydrogen-bond acceptors (Lipinski definition) is 6. The summed E-state index contributed by atoms with van der Waals surface area (Å²) in [6.07, 6.45) is 5.61. The number of anilines is 2. The van der Waals surface area contributed by atoms with Crippen LogP contribution in [-0.2, 0) is 28.9 Å². The number of aromatic amines is 1. The lowest BCUT2D eigenvalue weighted by Crippen LogP contribution is -2.42. The molecule has 0 bridgehead atoms. The maximum Gasteiger partial charge on any atom is 0.147 e. The van der Waals surface area contributed by atoms with Crippen LogP contribution in [0.2, 0.25) is 0 Å². The van der Waals surface area contributed by atoms with E-state index in [1.165, 1.54) is 12.4 Å². The maximum atomic E-state index is 14.7. The summed E-state index contributed by atoms with van der Waals surface area (Å²) in [6.45, 7) is 1.03. The summed E-state index contributed by atoms with van der Waals surface area (Å²) < 4.78 is 25.9. The minimum Gasteiger partial charge on any atom is -0.382 e. The second-order valence-electron chi connectivity index (χ2n) is 7.65. The van der Waals surface area contributed by atoms with Gasteiger partial charge in [-0.15, -0.1) is 0 Å². The number of aliphatic imine (C=N–C) groups is 1. The normalized spacial score (nSPS) is 20.1. The zero-order valence-electron chi connectivity index (χ0n) is 16.4. The van der Waals surface area contributed by atoms with Crippen LogP contribution in [0.3, 0.4) is 0 Å². The molecular weight excluding hydrogens is 373 g/mol. The molecule has 1 aliphatic carbocycles. The van der Waals surface area contributed by atoms with Crippen molar-refractivity contribution >= 4 is 28.8 Å². The summed E-state index contributed by atoms with van der Waals surface area (Å²) in [5.41, 5.74) is 4.75. The van der Waals surface area contributed by atoms with Crippen molar-refractivity contribution in [2.75, 3.05) is 26.1 Å². The highest BCUT2D eigenvalue weighted by molar-refractivity contribution is 5.94. The molecule has 0 fully saturated rings. The van der Waals surface area contributed by atoms with Gasteiger partial charge < -0.3 is 19.8 Å². The molecule has 150 valence electrons. The van der Waals surface area contributed by atoms with E-state index in [9.17, 15) is 4.39 Å². The van der Waals surface area contributed by atoms with Crippen LogP contribution in [0.15, 0.2) is 23.5 Å².